The first-order valence-electron chi connectivity index (χ1n) is 8.60. The van der Waals surface area contributed by atoms with Gasteiger partial charge < -0.3 is 4.74 Å². The summed E-state index contributed by atoms with van der Waals surface area (Å²) in [4.78, 5) is 16.8. The van der Waals surface area contributed by atoms with E-state index in [2.05, 4.69) is 34.2 Å². The maximum Gasteiger partial charge on any atom is 0.209 e. The van der Waals surface area contributed by atoms with Crippen LogP contribution in [0, 0.1) is 0 Å². The van der Waals surface area contributed by atoms with Gasteiger partial charge in [-0.15, -0.1) is 5.10 Å². The summed E-state index contributed by atoms with van der Waals surface area (Å²) in [7, 11) is 0. The molecule has 0 amide bonds. The van der Waals surface area contributed by atoms with Crippen LogP contribution in [0.25, 0.3) is 11.4 Å². The topological polar surface area (TPSA) is 67.9 Å². The highest BCUT2D eigenvalue weighted by atomic mass is 32.2. The molecular formula is C20H21N3O2S. The predicted octanol–water partition coefficient (Wildman–Crippen LogP) is 4.41. The van der Waals surface area contributed by atoms with Gasteiger partial charge in [0.1, 0.15) is 5.75 Å². The van der Waals surface area contributed by atoms with Gasteiger partial charge in [0.05, 0.1) is 12.4 Å². The molecule has 0 saturated carbocycles. The Labute approximate surface area is 157 Å². The van der Waals surface area contributed by atoms with Crippen LogP contribution >= 0.6 is 11.8 Å². The molecule has 6 heteroatoms. The molecule has 26 heavy (non-hydrogen) atoms. The summed E-state index contributed by atoms with van der Waals surface area (Å²) in [6.45, 7) is 4.66. The van der Waals surface area contributed by atoms with Gasteiger partial charge in [0.25, 0.3) is 0 Å². The second-order valence-corrected chi connectivity index (χ2v) is 6.63. The Bertz CT molecular complexity index is 858. The second kappa shape index (κ2) is 8.67. The maximum atomic E-state index is 12.3. The zero-order valence-electron chi connectivity index (χ0n) is 14.9. The van der Waals surface area contributed by atoms with Crippen molar-refractivity contribution in [1.29, 1.82) is 0 Å². The van der Waals surface area contributed by atoms with Crippen LogP contribution in [0.5, 0.6) is 5.75 Å². The molecule has 2 aromatic carbocycles. The van der Waals surface area contributed by atoms with Crippen molar-refractivity contribution in [2.24, 2.45) is 0 Å². The minimum Gasteiger partial charge on any atom is -0.494 e. The highest BCUT2D eigenvalue weighted by Crippen LogP contribution is 2.21. The number of nitrogens with one attached hydrogen (secondary N) is 1. The lowest BCUT2D eigenvalue weighted by Gasteiger charge is -2.03. The number of carbonyl (C=O) groups is 1. The standard InChI is InChI=1S/C20H21N3O2S/c1-3-14-5-7-16(8-6-14)19-21-20(23-22-19)26-13-18(24)15-9-11-17(12-10-15)25-4-2/h5-12H,3-4,13H2,1-2H3,(H,21,22,23). The maximum absolute atomic E-state index is 12.3. The number of ketones is 1. The molecule has 0 unspecified atom stereocenters. The van der Waals surface area contributed by atoms with Gasteiger partial charge in [-0.2, -0.15) is 0 Å². The van der Waals surface area contributed by atoms with E-state index in [1.165, 1.54) is 17.3 Å². The van der Waals surface area contributed by atoms with Crippen molar-refractivity contribution < 1.29 is 9.53 Å². The Morgan fingerprint density at radius 2 is 1.81 bits per heavy atom. The van der Waals surface area contributed by atoms with Gasteiger partial charge in [-0.05, 0) is 43.2 Å². The molecule has 0 aliphatic carbocycles. The van der Waals surface area contributed by atoms with Gasteiger partial charge in [-0.3, -0.25) is 9.89 Å². The molecule has 0 aliphatic heterocycles. The van der Waals surface area contributed by atoms with Crippen LogP contribution in [0.1, 0.15) is 29.8 Å². The number of nitrogens with zero attached hydrogens (tertiary/aromatic N) is 2. The quantitative estimate of drug-likeness (QED) is 0.472. The molecule has 1 aromatic heterocycles. The summed E-state index contributed by atoms with van der Waals surface area (Å²) < 4.78 is 5.39. The van der Waals surface area contributed by atoms with Crippen LogP contribution < -0.4 is 4.74 Å². The number of hydrogen-bond acceptors (Lipinski definition) is 5. The van der Waals surface area contributed by atoms with Gasteiger partial charge >= 0.3 is 0 Å². The molecule has 0 radical (unpaired) electrons. The zero-order valence-corrected chi connectivity index (χ0v) is 15.7. The monoisotopic (exact) mass is 367 g/mol. The molecule has 0 aliphatic rings. The lowest BCUT2D eigenvalue weighted by atomic mass is 10.1. The molecule has 0 atom stereocenters. The van der Waals surface area contributed by atoms with Crippen LogP contribution in [0.4, 0.5) is 0 Å². The first-order valence-corrected chi connectivity index (χ1v) is 9.58. The third-order valence-corrected chi connectivity index (χ3v) is 4.77. The third-order valence-electron chi connectivity index (χ3n) is 3.92. The normalized spacial score (nSPS) is 10.7. The Hall–Kier alpha value is -2.60. The van der Waals surface area contributed by atoms with Crippen molar-refractivity contribution in [3.63, 3.8) is 0 Å². The lowest BCUT2D eigenvalue weighted by molar-refractivity contribution is 0.102. The number of benzene rings is 2. The van der Waals surface area contributed by atoms with E-state index >= 15 is 0 Å². The van der Waals surface area contributed by atoms with Crippen LogP contribution in [0.3, 0.4) is 0 Å². The molecule has 0 spiro atoms. The average Bonchev–Trinajstić information content (AvgIpc) is 3.16. The molecule has 1 N–H and O–H groups in total. The third kappa shape index (κ3) is 4.52. The molecule has 3 rings (SSSR count). The van der Waals surface area contributed by atoms with E-state index in [1.54, 1.807) is 12.1 Å². The summed E-state index contributed by atoms with van der Waals surface area (Å²) in [5.74, 6) is 1.81. The SMILES string of the molecule is CCOc1ccc(C(=O)CSc2n[nH]c(-c3ccc(CC)cc3)n2)cc1. The molecule has 0 fully saturated rings. The van der Waals surface area contributed by atoms with Gasteiger partial charge in [-0.25, -0.2) is 4.98 Å². The number of ether oxygens (including phenoxy) is 1. The highest BCUT2D eigenvalue weighted by molar-refractivity contribution is 7.99. The largest absolute Gasteiger partial charge is 0.494 e. The average molecular weight is 367 g/mol. The number of aromatic nitrogens is 3. The number of thioether (sulfide) groups is 1. The minimum absolute atomic E-state index is 0.0386. The van der Waals surface area contributed by atoms with E-state index in [0.717, 1.165) is 17.7 Å². The fraction of sp³-hybridized carbons (Fsp3) is 0.250. The predicted molar refractivity (Wildman–Crippen MR) is 104 cm³/mol. The molecule has 3 aromatic rings. The van der Waals surface area contributed by atoms with Crippen LogP contribution in [0.15, 0.2) is 53.7 Å². The summed E-state index contributed by atoms with van der Waals surface area (Å²) in [6, 6.07) is 15.4. The number of aryl methyl sites for hydroxylation is 1. The number of aromatic amines is 1. The van der Waals surface area contributed by atoms with Crippen molar-refractivity contribution in [3.05, 3.63) is 59.7 Å². The summed E-state index contributed by atoms with van der Waals surface area (Å²) >= 11 is 1.33. The molecule has 134 valence electrons. The van der Waals surface area contributed by atoms with Gasteiger partial charge in [-0.1, -0.05) is 43.0 Å². The number of hydrogen-bond donors (Lipinski definition) is 1. The number of rotatable bonds is 8. The van der Waals surface area contributed by atoms with Gasteiger partial charge in [0.2, 0.25) is 5.16 Å². The lowest BCUT2D eigenvalue weighted by Crippen LogP contribution is -2.02. The molecule has 0 saturated heterocycles. The minimum atomic E-state index is 0.0386. The van der Waals surface area contributed by atoms with Gasteiger partial charge in [0.15, 0.2) is 11.6 Å². The van der Waals surface area contributed by atoms with Crippen LogP contribution in [-0.2, 0) is 6.42 Å². The number of carbonyl (C=O) groups excluding carboxylic acids is 1. The molecule has 5 nitrogen and oxygen atoms in total. The zero-order chi connectivity index (χ0) is 18.4. The first kappa shape index (κ1) is 18.2. The fourth-order valence-corrected chi connectivity index (χ4v) is 3.15. The van der Waals surface area contributed by atoms with E-state index in [0.29, 0.717) is 28.9 Å². The summed E-state index contributed by atoms with van der Waals surface area (Å²) in [5, 5.41) is 7.70. The molecule has 0 bridgehead atoms. The molecular weight excluding hydrogens is 346 g/mol. The van der Waals surface area contributed by atoms with Crippen molar-refractivity contribution in [2.75, 3.05) is 12.4 Å². The summed E-state index contributed by atoms with van der Waals surface area (Å²) in [6.07, 6.45) is 1.01. The van der Waals surface area contributed by atoms with E-state index in [9.17, 15) is 4.79 Å². The van der Waals surface area contributed by atoms with Crippen LogP contribution in [0.2, 0.25) is 0 Å². The van der Waals surface area contributed by atoms with Crippen molar-refractivity contribution in [3.8, 4) is 17.1 Å². The van der Waals surface area contributed by atoms with Crippen LogP contribution in [-0.4, -0.2) is 33.3 Å². The smallest absolute Gasteiger partial charge is 0.209 e. The summed E-state index contributed by atoms with van der Waals surface area (Å²) in [5.41, 5.74) is 2.93. The number of Topliss-reactive ketones (excluding diaryl/α,β-unsaturated/α-hetero) is 1. The Balaban J connectivity index is 1.59. The Kier molecular flexibility index (Phi) is 6.07. The first-order chi connectivity index (χ1) is 12.7. The van der Waals surface area contributed by atoms with E-state index in [4.69, 9.17) is 4.74 Å². The van der Waals surface area contributed by atoms with E-state index in [-0.39, 0.29) is 5.78 Å². The Morgan fingerprint density at radius 1 is 1.08 bits per heavy atom. The fourth-order valence-electron chi connectivity index (χ4n) is 2.46. The van der Waals surface area contributed by atoms with Gasteiger partial charge in [0, 0.05) is 11.1 Å². The van der Waals surface area contributed by atoms with Crippen molar-refractivity contribution >= 4 is 17.5 Å². The van der Waals surface area contributed by atoms with Crippen molar-refractivity contribution in [1.82, 2.24) is 15.2 Å². The van der Waals surface area contributed by atoms with Crippen molar-refractivity contribution in [2.45, 2.75) is 25.4 Å². The molecule has 1 heterocycles. The van der Waals surface area contributed by atoms with E-state index in [1.807, 2.05) is 31.2 Å². The van der Waals surface area contributed by atoms with E-state index < -0.39 is 0 Å². The Morgan fingerprint density at radius 3 is 2.46 bits per heavy atom. The second-order valence-electron chi connectivity index (χ2n) is 5.69. The number of H-pyrrole nitrogens is 1. The highest BCUT2D eigenvalue weighted by Gasteiger charge is 2.11.